The van der Waals surface area contributed by atoms with Gasteiger partial charge in [0.2, 0.25) is 0 Å². The number of aromatic amines is 1. The van der Waals surface area contributed by atoms with Crippen molar-refractivity contribution in [1.29, 1.82) is 0 Å². The van der Waals surface area contributed by atoms with Crippen LogP contribution in [0, 0.1) is 11.7 Å². The summed E-state index contributed by atoms with van der Waals surface area (Å²) in [7, 11) is 2.65. The largest absolute Gasteiger partial charge is 0.358 e. The molecule has 3 aliphatic rings. The van der Waals surface area contributed by atoms with Gasteiger partial charge in [-0.25, -0.2) is 9.82 Å². The summed E-state index contributed by atoms with van der Waals surface area (Å²) in [5.41, 5.74) is 7.71. The van der Waals surface area contributed by atoms with Crippen LogP contribution < -0.4 is 10.7 Å². The molecule has 0 bridgehead atoms. The van der Waals surface area contributed by atoms with Gasteiger partial charge in [-0.1, -0.05) is 12.1 Å². The third-order valence-corrected chi connectivity index (χ3v) is 6.46. The second kappa shape index (κ2) is 6.65. The molecular weight excluding hydrogens is 358 g/mol. The Kier molecular flexibility index (Phi) is 4.25. The van der Waals surface area contributed by atoms with Gasteiger partial charge >= 0.3 is 0 Å². The molecule has 3 heterocycles. The van der Waals surface area contributed by atoms with Crippen molar-refractivity contribution in [2.24, 2.45) is 5.92 Å². The summed E-state index contributed by atoms with van der Waals surface area (Å²) in [5.74, 6) is 1.93. The molecule has 1 aliphatic carbocycles. The first kappa shape index (κ1) is 17.3. The van der Waals surface area contributed by atoms with E-state index >= 15 is 0 Å². The van der Waals surface area contributed by atoms with Gasteiger partial charge in [0.05, 0.1) is 6.04 Å². The van der Waals surface area contributed by atoms with Gasteiger partial charge < -0.3 is 9.88 Å². The topological polar surface area (TPSA) is 34.3 Å². The average Bonchev–Trinajstić information content (AvgIpc) is 3.28. The van der Waals surface area contributed by atoms with Crippen LogP contribution in [-0.4, -0.2) is 34.0 Å². The van der Waals surface area contributed by atoms with Gasteiger partial charge in [0.1, 0.15) is 11.6 Å². The first-order chi connectivity index (χ1) is 13.1. The Hall–Kier alpha value is -1.84. The number of hydrogen-bond donors (Lipinski definition) is 2. The van der Waals surface area contributed by atoms with E-state index < -0.39 is 0 Å². The Morgan fingerprint density at radius 2 is 2.15 bits per heavy atom. The zero-order chi connectivity index (χ0) is 18.5. The summed E-state index contributed by atoms with van der Waals surface area (Å²) in [6.45, 7) is 5.01. The second-order valence-electron chi connectivity index (χ2n) is 7.82. The van der Waals surface area contributed by atoms with E-state index in [9.17, 15) is 4.39 Å². The van der Waals surface area contributed by atoms with E-state index in [0.717, 1.165) is 43.0 Å². The van der Waals surface area contributed by atoms with Gasteiger partial charge in [-0.2, -0.15) is 0 Å². The lowest BCUT2D eigenvalue weighted by Crippen LogP contribution is -2.43. The Labute approximate surface area is 162 Å². The molecule has 1 aromatic carbocycles. The van der Waals surface area contributed by atoms with Crippen molar-refractivity contribution in [2.45, 2.75) is 38.8 Å². The fourth-order valence-electron chi connectivity index (χ4n) is 4.35. The Morgan fingerprint density at radius 1 is 1.30 bits per heavy atom. The quantitative estimate of drug-likeness (QED) is 0.795. The van der Waals surface area contributed by atoms with E-state index in [4.69, 9.17) is 0 Å². The highest BCUT2D eigenvalue weighted by Crippen LogP contribution is 2.37. The van der Waals surface area contributed by atoms with Crippen LogP contribution in [0.3, 0.4) is 0 Å². The number of H-pyrrole nitrogens is 1. The molecule has 1 saturated carbocycles. The molecule has 0 radical (unpaired) electrons. The van der Waals surface area contributed by atoms with E-state index in [-0.39, 0.29) is 5.82 Å². The summed E-state index contributed by atoms with van der Waals surface area (Å²) >= 11 is 0. The highest BCUT2D eigenvalue weighted by molar-refractivity contribution is 7.28. The van der Waals surface area contributed by atoms with Crippen LogP contribution in [0.5, 0.6) is 0 Å². The molecule has 5 rings (SSSR count). The minimum absolute atomic E-state index is 0.176. The van der Waals surface area contributed by atoms with E-state index in [2.05, 4.69) is 48.6 Å². The highest BCUT2D eigenvalue weighted by Gasteiger charge is 2.37. The van der Waals surface area contributed by atoms with Crippen molar-refractivity contribution in [3.8, 4) is 11.3 Å². The predicted molar refractivity (Wildman–Crippen MR) is 110 cm³/mol. The van der Waals surface area contributed by atoms with E-state index in [1.165, 1.54) is 36.0 Å². The first-order valence-corrected chi connectivity index (χ1v) is 10.5. The number of nitrogens with zero attached hydrogens (tertiary/aromatic N) is 2. The summed E-state index contributed by atoms with van der Waals surface area (Å²) in [6.07, 6.45) is 6.05. The lowest BCUT2D eigenvalue weighted by molar-refractivity contribution is 0.166. The number of hydrazine groups is 1. The maximum atomic E-state index is 14.4. The molecule has 4 nitrogen and oxygen atoms in total. The summed E-state index contributed by atoms with van der Waals surface area (Å²) in [5, 5.41) is 3.18. The molecule has 27 heavy (non-hydrogen) atoms. The normalized spacial score (nSPS) is 22.2. The van der Waals surface area contributed by atoms with Gasteiger partial charge in [-0.05, 0) is 54.8 Å². The van der Waals surface area contributed by atoms with E-state index in [1.54, 1.807) is 6.07 Å². The lowest BCUT2D eigenvalue weighted by atomic mass is 10.1. The predicted octanol–water partition coefficient (Wildman–Crippen LogP) is 3.14. The van der Waals surface area contributed by atoms with Crippen LogP contribution in [0.25, 0.3) is 11.3 Å². The van der Waals surface area contributed by atoms with Crippen molar-refractivity contribution in [3.63, 3.8) is 0 Å². The van der Waals surface area contributed by atoms with Crippen LogP contribution in [0.1, 0.15) is 31.0 Å². The van der Waals surface area contributed by atoms with E-state index in [1.807, 2.05) is 6.07 Å². The Balaban J connectivity index is 1.42. The molecule has 2 atom stereocenters. The summed E-state index contributed by atoms with van der Waals surface area (Å²) in [4.78, 5) is 5.94. The number of benzene rings is 1. The fraction of sp³-hybridized carbons (Fsp3) is 0.429. The lowest BCUT2D eigenvalue weighted by Gasteiger charge is -2.34. The number of rotatable bonds is 4. The summed E-state index contributed by atoms with van der Waals surface area (Å²) < 4.78 is 14.4. The van der Waals surface area contributed by atoms with Gasteiger partial charge in [0.15, 0.2) is 0 Å². The number of halogens is 1. The molecule has 0 saturated heterocycles. The van der Waals surface area contributed by atoms with Gasteiger partial charge in [-0.15, -0.1) is 9.24 Å². The second-order valence-corrected chi connectivity index (χ2v) is 8.45. The number of aromatic nitrogens is 1. The maximum Gasteiger partial charge on any atom is 0.133 e. The molecular formula is C21H26FN4P. The number of hydrogen-bond acceptors (Lipinski definition) is 3. The minimum Gasteiger partial charge on any atom is -0.358 e. The van der Waals surface area contributed by atoms with Crippen LogP contribution >= 0.6 is 9.24 Å². The molecule has 1 fully saturated rings. The van der Waals surface area contributed by atoms with Crippen molar-refractivity contribution in [3.05, 3.63) is 53.2 Å². The number of fused-ring (bicyclic) bond motifs is 1. The summed E-state index contributed by atoms with van der Waals surface area (Å²) in [6, 6.07) is 7.83. The third-order valence-electron chi connectivity index (χ3n) is 5.98. The minimum atomic E-state index is -0.176. The zero-order valence-electron chi connectivity index (χ0n) is 15.6. The van der Waals surface area contributed by atoms with Crippen molar-refractivity contribution >= 4 is 14.5 Å². The van der Waals surface area contributed by atoms with Crippen LogP contribution in [0.15, 0.2) is 36.2 Å². The Morgan fingerprint density at radius 3 is 2.89 bits per heavy atom. The molecule has 0 spiro atoms. The monoisotopic (exact) mass is 384 g/mol. The standard InChI is InChI=1S/C21H26FN4P/c1-2-26-20(11-17(24-26)13-6-7-13)25-9-8-16-14(12-25)10-18(23-16)21-15(22)4-3-5-19(21)27/h3-5,10-11,13,17,23-24H,2,6-9,12,27H2,1H3. The molecule has 2 unspecified atom stereocenters. The molecule has 142 valence electrons. The van der Waals surface area contributed by atoms with Gasteiger partial charge in [-0.3, -0.25) is 5.01 Å². The zero-order valence-corrected chi connectivity index (χ0v) is 16.8. The van der Waals surface area contributed by atoms with Gasteiger partial charge in [0, 0.05) is 43.0 Å². The van der Waals surface area contributed by atoms with Crippen molar-refractivity contribution in [1.82, 2.24) is 20.3 Å². The molecule has 0 amide bonds. The van der Waals surface area contributed by atoms with E-state index in [0.29, 0.717) is 11.6 Å². The molecule has 2 N–H and O–H groups in total. The molecule has 2 aromatic rings. The molecule has 2 aliphatic heterocycles. The third kappa shape index (κ3) is 3.07. The molecule has 6 heteroatoms. The van der Waals surface area contributed by atoms with Crippen LogP contribution in [-0.2, 0) is 13.0 Å². The molecule has 1 aromatic heterocycles. The van der Waals surface area contributed by atoms with Crippen molar-refractivity contribution in [2.75, 3.05) is 13.1 Å². The maximum absolute atomic E-state index is 14.4. The fourth-order valence-corrected chi connectivity index (χ4v) is 4.76. The smallest absolute Gasteiger partial charge is 0.133 e. The van der Waals surface area contributed by atoms with Crippen LogP contribution in [0.4, 0.5) is 4.39 Å². The van der Waals surface area contributed by atoms with Gasteiger partial charge in [0.25, 0.3) is 0 Å². The highest BCUT2D eigenvalue weighted by atomic mass is 31.0. The average molecular weight is 384 g/mol. The number of nitrogens with one attached hydrogen (secondary N) is 2. The van der Waals surface area contributed by atoms with Crippen LogP contribution in [0.2, 0.25) is 0 Å². The van der Waals surface area contributed by atoms with Crippen molar-refractivity contribution < 1.29 is 4.39 Å². The SMILES string of the molecule is CCN1NC(C2CC2)C=C1N1CCc2[nH]c(-c3c(F)cccc3P)cc2C1. The Bertz CT molecular complexity index is 881. The first-order valence-electron chi connectivity index (χ1n) is 9.89.